The first-order valence-corrected chi connectivity index (χ1v) is 22.2. The average molecular weight is 794 g/mol. The Kier molecular flexibility index (Phi) is 12.3. The molecular formula is C37H57ClN8O3S3. The van der Waals surface area contributed by atoms with E-state index in [2.05, 4.69) is 25.0 Å². The van der Waals surface area contributed by atoms with Crippen molar-refractivity contribution in [1.82, 2.24) is 24.7 Å². The number of nitrogens with two attached hydrogens (primary N) is 1. The Labute approximate surface area is 325 Å². The van der Waals surface area contributed by atoms with Crippen LogP contribution in [0.15, 0.2) is 34.3 Å². The molecule has 6 rings (SSSR count). The summed E-state index contributed by atoms with van der Waals surface area (Å²) in [5.41, 5.74) is 5.91. The molecule has 52 heavy (non-hydrogen) atoms. The molecule has 3 heterocycles. The second kappa shape index (κ2) is 15.9. The van der Waals surface area contributed by atoms with Crippen molar-refractivity contribution in [2.24, 2.45) is 16.6 Å². The first kappa shape index (κ1) is 40.2. The number of nitrogens with one attached hydrogen (secondary N) is 4. The Balaban J connectivity index is 1.28. The largest absolute Gasteiger partial charge is 0.598 e. The highest BCUT2D eigenvalue weighted by molar-refractivity contribution is 7.99. The first-order valence-electron chi connectivity index (χ1n) is 18.7. The van der Waals surface area contributed by atoms with Crippen LogP contribution < -0.4 is 30.7 Å². The van der Waals surface area contributed by atoms with E-state index in [4.69, 9.17) is 27.3 Å². The van der Waals surface area contributed by atoms with Crippen molar-refractivity contribution in [2.45, 2.75) is 137 Å². The standard InChI is InChI=1S/C37H57ClN8O3S3/c1-34(2,3)51(48)44-26-11-8-14-36(26)17-21-46(22-18-36)29-23-41-33(50-25-10-7-9-24(30(25)38)31(39)47)32(43-29)42-27-12-13-28(45-52(49)35(4,5)6)37(27)15-19-40-20-16-37/h7,9-10,23,26-28,40,44-45H,8,11-22H2,1-6H3,(H2,39,47)(H,42,43)/t26-,27?,28-,51?,52?/m1/s1. The molecule has 4 fully saturated rings. The average Bonchev–Trinajstić information content (AvgIpc) is 3.61. The monoisotopic (exact) mass is 792 g/mol. The summed E-state index contributed by atoms with van der Waals surface area (Å²) in [5.74, 6) is 0.926. The lowest BCUT2D eigenvalue weighted by Crippen LogP contribution is -2.56. The second-order valence-corrected chi connectivity index (χ2v) is 22.5. The van der Waals surface area contributed by atoms with Gasteiger partial charge in [0.1, 0.15) is 20.3 Å². The van der Waals surface area contributed by atoms with E-state index in [1.807, 2.05) is 53.8 Å². The van der Waals surface area contributed by atoms with E-state index >= 15 is 0 Å². The molecule has 2 saturated carbocycles. The molecule has 4 aliphatic rings. The number of amides is 1. The van der Waals surface area contributed by atoms with Crippen molar-refractivity contribution >= 4 is 63.6 Å². The van der Waals surface area contributed by atoms with Crippen molar-refractivity contribution in [2.75, 3.05) is 36.4 Å². The number of nitrogens with zero attached hydrogens (tertiary/aromatic N) is 3. The van der Waals surface area contributed by atoms with Crippen LogP contribution in [0.25, 0.3) is 0 Å². The van der Waals surface area contributed by atoms with Gasteiger partial charge in [0.2, 0.25) is 5.91 Å². The van der Waals surface area contributed by atoms with Crippen LogP contribution in [0, 0.1) is 10.8 Å². The fourth-order valence-electron chi connectivity index (χ4n) is 8.59. The molecule has 288 valence electrons. The van der Waals surface area contributed by atoms with Crippen molar-refractivity contribution < 1.29 is 13.9 Å². The van der Waals surface area contributed by atoms with Crippen molar-refractivity contribution in [1.29, 1.82) is 0 Å². The highest BCUT2D eigenvalue weighted by atomic mass is 35.5. The quantitative estimate of drug-likeness (QED) is 0.181. The summed E-state index contributed by atoms with van der Waals surface area (Å²) in [6, 6.07) is 5.70. The Morgan fingerprint density at radius 2 is 1.60 bits per heavy atom. The normalized spacial score (nSPS) is 25.8. The number of halogens is 1. The number of rotatable bonds is 10. The maximum Gasteiger partial charge on any atom is 0.250 e. The van der Waals surface area contributed by atoms with Crippen LogP contribution >= 0.6 is 23.4 Å². The Morgan fingerprint density at radius 1 is 0.962 bits per heavy atom. The summed E-state index contributed by atoms with van der Waals surface area (Å²) in [6.07, 6.45) is 10.9. The summed E-state index contributed by atoms with van der Waals surface area (Å²) in [4.78, 5) is 25.4. The van der Waals surface area contributed by atoms with Gasteiger partial charge in [-0.2, -0.15) is 0 Å². The van der Waals surface area contributed by atoms with Gasteiger partial charge in [0, 0.05) is 52.2 Å². The first-order chi connectivity index (χ1) is 24.5. The van der Waals surface area contributed by atoms with Gasteiger partial charge < -0.3 is 30.4 Å². The van der Waals surface area contributed by atoms with Gasteiger partial charge in [-0.15, -0.1) is 9.44 Å². The van der Waals surface area contributed by atoms with Crippen molar-refractivity contribution in [3.05, 3.63) is 35.0 Å². The van der Waals surface area contributed by atoms with Crippen molar-refractivity contribution in [3.63, 3.8) is 0 Å². The predicted molar refractivity (Wildman–Crippen MR) is 215 cm³/mol. The molecule has 0 radical (unpaired) electrons. The SMILES string of the molecule is CC(C)(C)[S+]([O-])N[C@@H]1CCCC12CCN(c1cnc(Sc3cccc(C(N)=O)c3Cl)c(NC3CC[C@@H](N[S+]([O-])C(C)(C)C)C34CCNCC4)n1)CC2. The molecule has 6 N–H and O–H groups in total. The van der Waals surface area contributed by atoms with E-state index in [1.54, 1.807) is 12.1 Å². The van der Waals surface area contributed by atoms with Gasteiger partial charge in [0.15, 0.2) is 5.82 Å². The zero-order chi connectivity index (χ0) is 37.5. The summed E-state index contributed by atoms with van der Waals surface area (Å²) < 4.78 is 32.9. The van der Waals surface area contributed by atoms with Gasteiger partial charge in [-0.3, -0.25) is 4.79 Å². The van der Waals surface area contributed by atoms with E-state index in [0.29, 0.717) is 20.8 Å². The molecule has 2 saturated heterocycles. The lowest BCUT2D eigenvalue weighted by molar-refractivity contribution is 0.1000. The van der Waals surface area contributed by atoms with E-state index in [9.17, 15) is 13.9 Å². The van der Waals surface area contributed by atoms with Gasteiger partial charge in [-0.1, -0.05) is 35.9 Å². The zero-order valence-corrected chi connectivity index (χ0v) is 34.7. The molecule has 2 aliphatic heterocycles. The van der Waals surface area contributed by atoms with Crippen LogP contribution in [-0.4, -0.2) is 78.8 Å². The van der Waals surface area contributed by atoms with Gasteiger partial charge in [-0.05, 0) is 124 Å². The predicted octanol–water partition coefficient (Wildman–Crippen LogP) is 5.94. The molecule has 2 aliphatic carbocycles. The van der Waals surface area contributed by atoms with Gasteiger partial charge in [-0.25, -0.2) is 9.97 Å². The fraction of sp³-hybridized carbons (Fsp3) is 0.703. The number of benzene rings is 1. The molecule has 2 aromatic rings. The van der Waals surface area contributed by atoms with Gasteiger partial charge >= 0.3 is 0 Å². The van der Waals surface area contributed by atoms with Crippen LogP contribution in [0.2, 0.25) is 5.02 Å². The zero-order valence-electron chi connectivity index (χ0n) is 31.5. The van der Waals surface area contributed by atoms with E-state index in [-0.39, 0.29) is 44.0 Å². The maximum absolute atomic E-state index is 13.4. The minimum Gasteiger partial charge on any atom is -0.598 e. The summed E-state index contributed by atoms with van der Waals surface area (Å²) in [7, 11) is 0. The highest BCUT2D eigenvalue weighted by Gasteiger charge is 2.53. The number of primary amides is 1. The lowest BCUT2D eigenvalue weighted by atomic mass is 9.72. The van der Waals surface area contributed by atoms with Crippen LogP contribution in [0.5, 0.6) is 0 Å². The Bertz CT molecular complexity index is 1580. The number of anilines is 2. The molecule has 1 aromatic carbocycles. The van der Waals surface area contributed by atoms with Gasteiger partial charge in [0.25, 0.3) is 0 Å². The third kappa shape index (κ3) is 8.50. The van der Waals surface area contributed by atoms with Crippen LogP contribution in [0.1, 0.15) is 110 Å². The minimum absolute atomic E-state index is 0.0824. The number of piperidine rings is 2. The number of carbonyl (C=O) groups excluding carboxylic acids is 1. The van der Waals surface area contributed by atoms with Crippen LogP contribution in [0.3, 0.4) is 0 Å². The number of aromatic nitrogens is 2. The summed E-state index contributed by atoms with van der Waals surface area (Å²) in [6.45, 7) is 15.6. The van der Waals surface area contributed by atoms with E-state index in [1.165, 1.54) is 11.8 Å². The summed E-state index contributed by atoms with van der Waals surface area (Å²) >= 11 is 5.79. The second-order valence-electron chi connectivity index (χ2n) is 17.1. The molecule has 1 aromatic heterocycles. The lowest BCUT2D eigenvalue weighted by Gasteiger charge is -2.45. The third-order valence-corrected chi connectivity index (χ3v) is 16.5. The van der Waals surface area contributed by atoms with E-state index < -0.39 is 28.6 Å². The molecule has 3 unspecified atom stereocenters. The highest BCUT2D eigenvalue weighted by Crippen LogP contribution is 2.50. The smallest absolute Gasteiger partial charge is 0.250 e. The number of hydrogen-bond acceptors (Lipinski definition) is 11. The Hall–Kier alpha value is -1.49. The third-order valence-electron chi connectivity index (χ3n) is 11.7. The van der Waals surface area contributed by atoms with Crippen LogP contribution in [-0.2, 0) is 22.7 Å². The molecule has 2 spiro atoms. The molecule has 15 heteroatoms. The topological polar surface area (TPSA) is 166 Å². The minimum atomic E-state index is -1.19. The number of carbonyl (C=O) groups is 1. The number of hydrogen-bond donors (Lipinski definition) is 5. The molecule has 11 nitrogen and oxygen atoms in total. The van der Waals surface area contributed by atoms with E-state index in [0.717, 1.165) is 89.8 Å². The fourth-order valence-corrected chi connectivity index (χ4v) is 11.7. The van der Waals surface area contributed by atoms with Crippen LogP contribution in [0.4, 0.5) is 11.6 Å². The summed E-state index contributed by atoms with van der Waals surface area (Å²) in [5, 5.41) is 8.40. The van der Waals surface area contributed by atoms with Crippen molar-refractivity contribution in [3.8, 4) is 0 Å². The molecule has 0 bridgehead atoms. The maximum atomic E-state index is 13.4. The molecule has 5 atom stereocenters. The van der Waals surface area contributed by atoms with Gasteiger partial charge in [0.05, 0.1) is 28.9 Å². The molecule has 1 amide bonds. The Morgan fingerprint density at radius 3 is 2.23 bits per heavy atom. The molecular weight excluding hydrogens is 736 g/mol.